The van der Waals surface area contributed by atoms with Crippen molar-refractivity contribution in [1.82, 2.24) is 10.3 Å². The summed E-state index contributed by atoms with van der Waals surface area (Å²) in [6, 6.07) is 11.3. The molecule has 2 amide bonds. The lowest BCUT2D eigenvalue weighted by Gasteiger charge is -2.07. The van der Waals surface area contributed by atoms with E-state index in [1.807, 2.05) is 48.0 Å². The highest BCUT2D eigenvalue weighted by molar-refractivity contribution is 7.12. The minimum absolute atomic E-state index is 0.0624. The van der Waals surface area contributed by atoms with E-state index in [2.05, 4.69) is 15.6 Å². The molecular weight excluding hydrogens is 366 g/mol. The van der Waals surface area contributed by atoms with Gasteiger partial charge in [-0.25, -0.2) is 4.98 Å². The lowest BCUT2D eigenvalue weighted by molar-refractivity contribution is -0.116. The molecule has 0 unspecified atom stereocenters. The average Bonchev–Trinajstić information content (AvgIpc) is 3.31. The summed E-state index contributed by atoms with van der Waals surface area (Å²) in [5.74, 6) is -0.152. The van der Waals surface area contributed by atoms with Crippen LogP contribution < -0.4 is 10.6 Å². The van der Waals surface area contributed by atoms with Crippen LogP contribution in [0, 0.1) is 6.92 Å². The summed E-state index contributed by atoms with van der Waals surface area (Å²) < 4.78 is 0. The first-order chi connectivity index (χ1) is 12.6. The van der Waals surface area contributed by atoms with Gasteiger partial charge in [0, 0.05) is 29.6 Å². The van der Waals surface area contributed by atoms with Gasteiger partial charge in [-0.15, -0.1) is 22.7 Å². The minimum Gasteiger partial charge on any atom is -0.351 e. The number of hydrogen-bond donors (Lipinski definition) is 2. The van der Waals surface area contributed by atoms with Crippen LogP contribution in [-0.4, -0.2) is 23.3 Å². The van der Waals surface area contributed by atoms with Crippen molar-refractivity contribution >= 4 is 40.2 Å². The fourth-order valence-electron chi connectivity index (χ4n) is 2.39. The van der Waals surface area contributed by atoms with Crippen molar-refractivity contribution in [2.75, 3.05) is 11.9 Å². The highest BCUT2D eigenvalue weighted by Crippen LogP contribution is 2.23. The van der Waals surface area contributed by atoms with Gasteiger partial charge in [0.1, 0.15) is 0 Å². The van der Waals surface area contributed by atoms with E-state index < -0.39 is 0 Å². The molecule has 0 saturated heterocycles. The van der Waals surface area contributed by atoms with Gasteiger partial charge in [-0.2, -0.15) is 0 Å². The van der Waals surface area contributed by atoms with Crippen LogP contribution in [-0.2, 0) is 4.79 Å². The maximum atomic E-state index is 12.0. The molecule has 0 bridgehead atoms. The van der Waals surface area contributed by atoms with Crippen LogP contribution in [0.3, 0.4) is 0 Å². The summed E-state index contributed by atoms with van der Waals surface area (Å²) in [5.41, 5.74) is 2.74. The Labute approximate surface area is 160 Å². The molecule has 2 aromatic heterocycles. The SMILES string of the molecule is Cc1nc(-c2ccc(NC(=O)CCCNC(=O)c3cccs3)cc2)cs1. The molecule has 0 aliphatic carbocycles. The standard InChI is InChI=1S/C19H19N3O2S2/c1-13-21-16(12-26-13)14-6-8-15(9-7-14)22-18(23)5-2-10-20-19(24)17-4-3-11-25-17/h3-4,6-9,11-12H,2,5,10H2,1H3,(H,20,24)(H,22,23). The topological polar surface area (TPSA) is 71.1 Å². The zero-order chi connectivity index (χ0) is 18.4. The Morgan fingerprint density at radius 1 is 1.12 bits per heavy atom. The molecule has 5 nitrogen and oxygen atoms in total. The van der Waals surface area contributed by atoms with E-state index in [-0.39, 0.29) is 11.8 Å². The molecule has 0 fully saturated rings. The van der Waals surface area contributed by atoms with E-state index >= 15 is 0 Å². The highest BCUT2D eigenvalue weighted by atomic mass is 32.1. The molecule has 0 aliphatic rings. The largest absolute Gasteiger partial charge is 0.351 e. The van der Waals surface area contributed by atoms with Gasteiger partial charge < -0.3 is 10.6 Å². The van der Waals surface area contributed by atoms with Crippen molar-refractivity contribution in [3.8, 4) is 11.3 Å². The third-order valence-electron chi connectivity index (χ3n) is 3.69. The number of nitrogens with zero attached hydrogens (tertiary/aromatic N) is 1. The normalized spacial score (nSPS) is 10.5. The van der Waals surface area contributed by atoms with Crippen molar-refractivity contribution < 1.29 is 9.59 Å². The van der Waals surface area contributed by atoms with E-state index in [0.717, 1.165) is 22.0 Å². The first kappa shape index (κ1) is 18.3. The number of thiophene rings is 1. The molecule has 134 valence electrons. The number of benzene rings is 1. The number of carbonyl (C=O) groups excluding carboxylic acids is 2. The van der Waals surface area contributed by atoms with Crippen LogP contribution in [0.15, 0.2) is 47.2 Å². The number of thiazole rings is 1. The van der Waals surface area contributed by atoms with E-state index in [1.54, 1.807) is 17.4 Å². The zero-order valence-electron chi connectivity index (χ0n) is 14.3. The maximum absolute atomic E-state index is 12.0. The molecule has 2 N–H and O–H groups in total. The highest BCUT2D eigenvalue weighted by Gasteiger charge is 2.07. The van der Waals surface area contributed by atoms with E-state index in [4.69, 9.17) is 0 Å². The van der Waals surface area contributed by atoms with Crippen LogP contribution in [0.1, 0.15) is 27.5 Å². The average molecular weight is 386 g/mol. The molecule has 26 heavy (non-hydrogen) atoms. The van der Waals surface area contributed by atoms with Gasteiger partial charge in [0.15, 0.2) is 0 Å². The summed E-state index contributed by atoms with van der Waals surface area (Å²) in [6.07, 6.45) is 0.955. The Hall–Kier alpha value is -2.51. The summed E-state index contributed by atoms with van der Waals surface area (Å²) in [7, 11) is 0. The molecule has 0 radical (unpaired) electrons. The lowest BCUT2D eigenvalue weighted by Crippen LogP contribution is -2.24. The first-order valence-electron chi connectivity index (χ1n) is 8.26. The van der Waals surface area contributed by atoms with Gasteiger partial charge in [-0.1, -0.05) is 18.2 Å². The molecular formula is C19H19N3O2S2. The predicted molar refractivity (Wildman–Crippen MR) is 107 cm³/mol. The zero-order valence-corrected chi connectivity index (χ0v) is 16.0. The van der Waals surface area contributed by atoms with Crippen molar-refractivity contribution in [2.45, 2.75) is 19.8 Å². The molecule has 7 heteroatoms. The molecule has 3 aromatic rings. The quantitative estimate of drug-likeness (QED) is 0.595. The second-order valence-electron chi connectivity index (χ2n) is 5.71. The Balaban J connectivity index is 1.41. The van der Waals surface area contributed by atoms with E-state index in [0.29, 0.717) is 24.3 Å². The third kappa shape index (κ3) is 5.00. The summed E-state index contributed by atoms with van der Waals surface area (Å²) in [4.78, 5) is 28.9. The second kappa shape index (κ2) is 8.73. The van der Waals surface area contributed by atoms with Gasteiger partial charge in [-0.05, 0) is 36.9 Å². The lowest BCUT2D eigenvalue weighted by atomic mass is 10.1. The number of anilines is 1. The minimum atomic E-state index is -0.0896. The first-order valence-corrected chi connectivity index (χ1v) is 10.0. The van der Waals surface area contributed by atoms with Crippen LogP contribution in [0.4, 0.5) is 5.69 Å². The fraction of sp³-hybridized carbons (Fsp3) is 0.211. The van der Waals surface area contributed by atoms with E-state index in [9.17, 15) is 9.59 Å². The van der Waals surface area contributed by atoms with Gasteiger partial charge in [0.25, 0.3) is 5.91 Å². The maximum Gasteiger partial charge on any atom is 0.261 e. The molecule has 0 saturated carbocycles. The number of nitrogens with one attached hydrogen (secondary N) is 2. The number of carbonyl (C=O) groups is 2. The van der Waals surface area contributed by atoms with Crippen LogP contribution >= 0.6 is 22.7 Å². The number of rotatable bonds is 7. The Bertz CT molecular complexity index is 871. The Kier molecular flexibility index (Phi) is 6.14. The van der Waals surface area contributed by atoms with Crippen molar-refractivity contribution in [3.63, 3.8) is 0 Å². The third-order valence-corrected chi connectivity index (χ3v) is 5.34. The second-order valence-corrected chi connectivity index (χ2v) is 7.72. The monoisotopic (exact) mass is 385 g/mol. The predicted octanol–water partition coefficient (Wildman–Crippen LogP) is 4.33. The number of hydrogen-bond acceptors (Lipinski definition) is 5. The van der Waals surface area contributed by atoms with Gasteiger partial charge in [0.2, 0.25) is 5.91 Å². The van der Waals surface area contributed by atoms with Gasteiger partial charge >= 0.3 is 0 Å². The summed E-state index contributed by atoms with van der Waals surface area (Å²) in [6.45, 7) is 2.46. The molecule has 0 spiro atoms. The van der Waals surface area contributed by atoms with Crippen molar-refractivity contribution in [2.24, 2.45) is 0 Å². The molecule has 3 rings (SSSR count). The smallest absolute Gasteiger partial charge is 0.261 e. The van der Waals surface area contributed by atoms with Crippen LogP contribution in [0.5, 0.6) is 0 Å². The molecule has 1 aromatic carbocycles. The summed E-state index contributed by atoms with van der Waals surface area (Å²) >= 11 is 3.02. The van der Waals surface area contributed by atoms with Gasteiger partial charge in [-0.3, -0.25) is 9.59 Å². The van der Waals surface area contributed by atoms with Gasteiger partial charge in [0.05, 0.1) is 15.6 Å². The number of aromatic nitrogens is 1. The van der Waals surface area contributed by atoms with Crippen LogP contribution in [0.2, 0.25) is 0 Å². The Morgan fingerprint density at radius 3 is 2.58 bits per heavy atom. The van der Waals surface area contributed by atoms with Crippen molar-refractivity contribution in [1.29, 1.82) is 0 Å². The molecule has 0 aliphatic heterocycles. The molecule has 2 heterocycles. The van der Waals surface area contributed by atoms with Crippen molar-refractivity contribution in [3.05, 3.63) is 57.0 Å². The fourth-order valence-corrected chi connectivity index (χ4v) is 3.65. The summed E-state index contributed by atoms with van der Waals surface area (Å²) in [5, 5.41) is 10.6. The van der Waals surface area contributed by atoms with Crippen LogP contribution in [0.25, 0.3) is 11.3 Å². The van der Waals surface area contributed by atoms with E-state index in [1.165, 1.54) is 11.3 Å². The molecule has 0 atom stereocenters. The Morgan fingerprint density at radius 2 is 1.92 bits per heavy atom. The number of amides is 2. The number of aryl methyl sites for hydroxylation is 1.